The molecule has 2 amide bonds. The van der Waals surface area contributed by atoms with Crippen LogP contribution in [0.5, 0.6) is 0 Å². The maximum absolute atomic E-state index is 11.3. The van der Waals surface area contributed by atoms with Gasteiger partial charge >= 0.3 is 12.2 Å². The number of rotatable bonds is 3. The number of carbonyl (C=O) groups is 2. The van der Waals surface area contributed by atoms with Crippen LogP contribution in [0.15, 0.2) is 6.07 Å². The largest absolute Gasteiger partial charge is 0.465 e. The van der Waals surface area contributed by atoms with Crippen LogP contribution >= 0.6 is 0 Å². The molecule has 0 aliphatic heterocycles. The summed E-state index contributed by atoms with van der Waals surface area (Å²) in [6.07, 6.45) is 0.660. The Labute approximate surface area is 135 Å². The van der Waals surface area contributed by atoms with Gasteiger partial charge in [0, 0.05) is 19.0 Å². The van der Waals surface area contributed by atoms with Crippen LogP contribution in [0.3, 0.4) is 0 Å². The van der Waals surface area contributed by atoms with Crippen LogP contribution < -0.4 is 10.6 Å². The van der Waals surface area contributed by atoms with Gasteiger partial charge in [-0.05, 0) is 40.0 Å². The molecule has 2 rings (SSSR count). The molecule has 1 aromatic rings. The van der Waals surface area contributed by atoms with E-state index < -0.39 is 12.2 Å². The Morgan fingerprint density at radius 3 is 2.65 bits per heavy atom. The van der Waals surface area contributed by atoms with Crippen LogP contribution in [0.2, 0.25) is 0 Å². The van der Waals surface area contributed by atoms with Gasteiger partial charge in [-0.1, -0.05) is 0 Å². The van der Waals surface area contributed by atoms with Crippen molar-refractivity contribution in [2.45, 2.75) is 57.6 Å². The third kappa shape index (κ3) is 4.14. The van der Waals surface area contributed by atoms with Crippen molar-refractivity contribution in [3.8, 4) is 0 Å². The lowest BCUT2D eigenvalue weighted by Gasteiger charge is -2.22. The van der Waals surface area contributed by atoms with E-state index in [1.54, 1.807) is 10.7 Å². The lowest BCUT2D eigenvalue weighted by molar-refractivity contribution is 0.102. The highest BCUT2D eigenvalue weighted by molar-refractivity contribution is 5.81. The number of hydrogen-bond donors (Lipinski definition) is 3. The van der Waals surface area contributed by atoms with Gasteiger partial charge in [-0.3, -0.25) is 5.32 Å². The van der Waals surface area contributed by atoms with E-state index in [2.05, 4.69) is 15.7 Å². The molecule has 0 spiro atoms. The molecule has 0 saturated heterocycles. The zero-order chi connectivity index (χ0) is 17.2. The Bertz CT molecular complexity index is 591. The second-order valence-corrected chi connectivity index (χ2v) is 6.75. The highest BCUT2D eigenvalue weighted by Crippen LogP contribution is 2.37. The van der Waals surface area contributed by atoms with Gasteiger partial charge in [-0.15, -0.1) is 0 Å². The van der Waals surface area contributed by atoms with E-state index in [1.165, 1.54) is 7.05 Å². The molecule has 3 N–H and O–H groups in total. The van der Waals surface area contributed by atoms with Crippen molar-refractivity contribution in [3.05, 3.63) is 11.8 Å². The number of ether oxygens (including phenoxy) is 1. The summed E-state index contributed by atoms with van der Waals surface area (Å²) >= 11 is 0. The fourth-order valence-electron chi connectivity index (χ4n) is 2.83. The zero-order valence-electron chi connectivity index (χ0n) is 13.9. The first-order valence-electron chi connectivity index (χ1n) is 7.69. The lowest BCUT2D eigenvalue weighted by Crippen LogP contribution is -2.26. The quantitative estimate of drug-likeness (QED) is 0.793. The molecule has 1 heterocycles. The molecule has 1 aliphatic rings. The second-order valence-electron chi connectivity index (χ2n) is 6.75. The molecule has 0 aromatic carbocycles. The first kappa shape index (κ1) is 17.1. The number of nitrogens with zero attached hydrogens (tertiary/aromatic N) is 2. The number of aromatic nitrogens is 2. The monoisotopic (exact) mass is 324 g/mol. The first-order valence-corrected chi connectivity index (χ1v) is 7.69. The molecule has 8 heteroatoms. The van der Waals surface area contributed by atoms with Crippen molar-refractivity contribution in [3.63, 3.8) is 0 Å². The molecule has 1 saturated carbocycles. The summed E-state index contributed by atoms with van der Waals surface area (Å²) in [5, 5.41) is 18.4. The molecule has 2 atom stereocenters. The standard InChI is InChI=1S/C15H24N4O4/c1-15(2,3)19-12(17-13(20)21)8-11(18-19)9-5-6-10(7-9)23-14(22)16-4/h8-10,17H,5-7H2,1-4H3,(H,16,22)(H,20,21)/t9-,10+/m0/s1. The molecule has 1 aliphatic carbocycles. The summed E-state index contributed by atoms with van der Waals surface area (Å²) in [7, 11) is 1.53. The number of anilines is 1. The summed E-state index contributed by atoms with van der Waals surface area (Å²) in [5.41, 5.74) is 0.485. The Morgan fingerprint density at radius 2 is 2.09 bits per heavy atom. The third-order valence-corrected chi connectivity index (χ3v) is 3.88. The first-order chi connectivity index (χ1) is 10.7. The summed E-state index contributed by atoms with van der Waals surface area (Å²) in [5.74, 6) is 0.610. The Balaban J connectivity index is 2.16. The Kier molecular flexibility index (Phi) is 4.82. The van der Waals surface area contributed by atoms with Gasteiger partial charge in [0.1, 0.15) is 11.9 Å². The van der Waals surface area contributed by atoms with Crippen molar-refractivity contribution in [1.29, 1.82) is 0 Å². The predicted octanol–water partition coefficient (Wildman–Crippen LogP) is 2.72. The van der Waals surface area contributed by atoms with Gasteiger partial charge in [0.15, 0.2) is 0 Å². The number of nitrogens with one attached hydrogen (secondary N) is 2. The van der Waals surface area contributed by atoms with Crippen molar-refractivity contribution < 1.29 is 19.4 Å². The van der Waals surface area contributed by atoms with Crippen LogP contribution in [0.4, 0.5) is 15.4 Å². The highest BCUT2D eigenvalue weighted by atomic mass is 16.6. The number of carbonyl (C=O) groups excluding carboxylic acids is 1. The SMILES string of the molecule is CNC(=O)O[C@@H]1CC[C@H](c2cc(NC(=O)O)n(C(C)(C)C)n2)C1. The molecule has 23 heavy (non-hydrogen) atoms. The smallest absolute Gasteiger partial charge is 0.410 e. The maximum atomic E-state index is 11.3. The third-order valence-electron chi connectivity index (χ3n) is 3.88. The van der Waals surface area contributed by atoms with E-state index in [0.29, 0.717) is 12.2 Å². The zero-order valence-corrected chi connectivity index (χ0v) is 13.9. The van der Waals surface area contributed by atoms with Crippen LogP contribution in [0.1, 0.15) is 51.6 Å². The van der Waals surface area contributed by atoms with Gasteiger partial charge in [0.2, 0.25) is 0 Å². The average molecular weight is 324 g/mol. The Morgan fingerprint density at radius 1 is 1.39 bits per heavy atom. The molecule has 0 unspecified atom stereocenters. The van der Waals surface area contributed by atoms with Crippen LogP contribution in [-0.4, -0.2) is 40.2 Å². The Hall–Kier alpha value is -2.25. The van der Waals surface area contributed by atoms with Crippen molar-refractivity contribution in [2.24, 2.45) is 0 Å². The van der Waals surface area contributed by atoms with E-state index in [1.807, 2.05) is 20.8 Å². The van der Waals surface area contributed by atoms with Crippen molar-refractivity contribution in [2.75, 3.05) is 12.4 Å². The van der Waals surface area contributed by atoms with Crippen molar-refractivity contribution in [1.82, 2.24) is 15.1 Å². The van der Waals surface area contributed by atoms with Crippen LogP contribution in [-0.2, 0) is 10.3 Å². The van der Waals surface area contributed by atoms with Crippen LogP contribution in [0.25, 0.3) is 0 Å². The summed E-state index contributed by atoms with van der Waals surface area (Å²) in [6, 6.07) is 1.77. The highest BCUT2D eigenvalue weighted by Gasteiger charge is 2.32. The minimum atomic E-state index is -1.12. The van der Waals surface area contributed by atoms with Gasteiger partial charge < -0.3 is 15.2 Å². The normalized spacial score (nSPS) is 21.0. The van der Waals surface area contributed by atoms with E-state index in [0.717, 1.165) is 18.5 Å². The summed E-state index contributed by atoms with van der Waals surface area (Å²) in [4.78, 5) is 22.3. The minimum Gasteiger partial charge on any atom is -0.465 e. The molecule has 1 fully saturated rings. The molecule has 128 valence electrons. The summed E-state index contributed by atoms with van der Waals surface area (Å²) in [6.45, 7) is 5.88. The molecule has 0 radical (unpaired) electrons. The van der Waals surface area contributed by atoms with Gasteiger partial charge in [0.25, 0.3) is 0 Å². The number of hydrogen-bond acceptors (Lipinski definition) is 4. The topological polar surface area (TPSA) is 105 Å². The van der Waals surface area contributed by atoms with E-state index in [9.17, 15) is 9.59 Å². The molecule has 0 bridgehead atoms. The molecule has 1 aromatic heterocycles. The van der Waals surface area contributed by atoms with Crippen molar-refractivity contribution >= 4 is 18.0 Å². The summed E-state index contributed by atoms with van der Waals surface area (Å²) < 4.78 is 6.97. The van der Waals surface area contributed by atoms with Crippen LogP contribution in [0, 0.1) is 0 Å². The fraction of sp³-hybridized carbons (Fsp3) is 0.667. The van der Waals surface area contributed by atoms with Gasteiger partial charge in [-0.25, -0.2) is 14.3 Å². The molecule has 8 nitrogen and oxygen atoms in total. The molecular formula is C15H24N4O4. The second kappa shape index (κ2) is 6.47. The van der Waals surface area contributed by atoms with E-state index in [4.69, 9.17) is 9.84 Å². The average Bonchev–Trinajstić information content (AvgIpc) is 3.04. The lowest BCUT2D eigenvalue weighted by atomic mass is 10.0. The molecular weight excluding hydrogens is 300 g/mol. The van der Waals surface area contributed by atoms with Gasteiger partial charge in [0.05, 0.1) is 11.2 Å². The minimum absolute atomic E-state index is 0.129. The maximum Gasteiger partial charge on any atom is 0.410 e. The predicted molar refractivity (Wildman–Crippen MR) is 84.8 cm³/mol. The van der Waals surface area contributed by atoms with Gasteiger partial charge in [-0.2, -0.15) is 5.10 Å². The number of carboxylic acid groups (broad SMARTS) is 1. The van der Waals surface area contributed by atoms with E-state index in [-0.39, 0.29) is 17.6 Å². The number of alkyl carbamates (subject to hydrolysis) is 1. The number of amides is 2. The van der Waals surface area contributed by atoms with E-state index >= 15 is 0 Å². The fourth-order valence-corrected chi connectivity index (χ4v) is 2.83.